The van der Waals surface area contributed by atoms with Gasteiger partial charge < -0.3 is 5.32 Å². The molecule has 0 spiro atoms. The van der Waals surface area contributed by atoms with Crippen molar-refractivity contribution in [2.24, 2.45) is 7.05 Å². The minimum Gasteiger partial charge on any atom is -0.338 e. The summed E-state index contributed by atoms with van der Waals surface area (Å²) in [4.78, 5) is 0. The lowest BCUT2D eigenvalue weighted by Crippen LogP contribution is -1.94. The van der Waals surface area contributed by atoms with Gasteiger partial charge in [0.1, 0.15) is 11.6 Å². The van der Waals surface area contributed by atoms with E-state index in [1.807, 2.05) is 30.3 Å². The van der Waals surface area contributed by atoms with Crippen LogP contribution in [0.15, 0.2) is 36.5 Å². The molecule has 1 N–H and O–H groups in total. The summed E-state index contributed by atoms with van der Waals surface area (Å²) in [5.74, 6) is 0.589. The summed E-state index contributed by atoms with van der Waals surface area (Å²) in [6.45, 7) is 0. The lowest BCUT2D eigenvalue weighted by atomic mass is 10.3. The lowest BCUT2D eigenvalue weighted by Gasteiger charge is -2.01. The first kappa shape index (κ1) is 9.28. The molecule has 0 bridgehead atoms. The highest BCUT2D eigenvalue weighted by Gasteiger charge is 2.06. The molecule has 0 amide bonds. The van der Waals surface area contributed by atoms with Crippen LogP contribution in [0, 0.1) is 11.3 Å². The van der Waals surface area contributed by atoms with E-state index in [-0.39, 0.29) is 0 Å². The molecule has 2 rings (SSSR count). The zero-order valence-electron chi connectivity index (χ0n) is 8.31. The summed E-state index contributed by atoms with van der Waals surface area (Å²) in [5.41, 5.74) is 1.47. The molecule has 2 aromatic rings. The van der Waals surface area contributed by atoms with E-state index in [1.165, 1.54) is 0 Å². The number of hydrogen-bond acceptors (Lipinski definition) is 3. The van der Waals surface area contributed by atoms with Gasteiger partial charge in [-0.2, -0.15) is 10.4 Å². The first-order chi connectivity index (χ1) is 7.29. The Hall–Kier alpha value is -2.28. The van der Waals surface area contributed by atoms with Crippen molar-refractivity contribution in [2.45, 2.75) is 0 Å². The highest BCUT2D eigenvalue weighted by atomic mass is 15.3. The number of benzene rings is 1. The first-order valence-corrected chi connectivity index (χ1v) is 4.55. The molecule has 0 fully saturated rings. The van der Waals surface area contributed by atoms with Gasteiger partial charge >= 0.3 is 0 Å². The van der Waals surface area contributed by atoms with Gasteiger partial charge in [-0.1, -0.05) is 18.2 Å². The molecular formula is C11H10N4. The van der Waals surface area contributed by atoms with Crippen molar-refractivity contribution in [3.8, 4) is 6.07 Å². The topological polar surface area (TPSA) is 53.6 Å². The number of aryl methyl sites for hydroxylation is 1. The van der Waals surface area contributed by atoms with Crippen LogP contribution in [-0.2, 0) is 7.05 Å². The zero-order chi connectivity index (χ0) is 10.7. The quantitative estimate of drug-likeness (QED) is 0.803. The molecule has 0 saturated carbocycles. The third-order valence-electron chi connectivity index (χ3n) is 1.99. The monoisotopic (exact) mass is 198 g/mol. The van der Waals surface area contributed by atoms with Crippen LogP contribution in [0.4, 0.5) is 11.5 Å². The van der Waals surface area contributed by atoms with Crippen LogP contribution < -0.4 is 5.32 Å². The average molecular weight is 198 g/mol. The van der Waals surface area contributed by atoms with Crippen LogP contribution >= 0.6 is 0 Å². The van der Waals surface area contributed by atoms with Gasteiger partial charge in [-0.05, 0) is 12.1 Å². The smallest absolute Gasteiger partial charge is 0.170 e. The van der Waals surface area contributed by atoms with E-state index in [4.69, 9.17) is 5.26 Å². The van der Waals surface area contributed by atoms with Gasteiger partial charge in [0.15, 0.2) is 5.82 Å². The molecule has 1 aromatic carbocycles. The van der Waals surface area contributed by atoms with Crippen LogP contribution in [0.25, 0.3) is 0 Å². The number of para-hydroxylation sites is 1. The average Bonchev–Trinajstić information content (AvgIpc) is 2.60. The second-order valence-electron chi connectivity index (χ2n) is 3.17. The van der Waals surface area contributed by atoms with Gasteiger partial charge in [-0.15, -0.1) is 0 Å². The standard InChI is InChI=1S/C11H10N4/c1-15-8-9(7-12)11(14-15)13-10-5-3-2-4-6-10/h2-6,8H,1H3,(H,13,14). The number of rotatable bonds is 2. The lowest BCUT2D eigenvalue weighted by molar-refractivity contribution is 0.771. The van der Waals surface area contributed by atoms with E-state index in [1.54, 1.807) is 17.9 Å². The van der Waals surface area contributed by atoms with Crippen molar-refractivity contribution >= 4 is 11.5 Å². The minimum atomic E-state index is 0.543. The van der Waals surface area contributed by atoms with E-state index in [0.717, 1.165) is 5.69 Å². The van der Waals surface area contributed by atoms with E-state index in [9.17, 15) is 0 Å². The van der Waals surface area contributed by atoms with Crippen molar-refractivity contribution in [1.29, 1.82) is 5.26 Å². The number of hydrogen-bond donors (Lipinski definition) is 1. The summed E-state index contributed by atoms with van der Waals surface area (Å²) in [7, 11) is 1.79. The minimum absolute atomic E-state index is 0.543. The van der Waals surface area contributed by atoms with E-state index < -0.39 is 0 Å². The summed E-state index contributed by atoms with van der Waals surface area (Å²) >= 11 is 0. The second kappa shape index (κ2) is 3.84. The number of anilines is 2. The second-order valence-corrected chi connectivity index (χ2v) is 3.17. The van der Waals surface area contributed by atoms with E-state index in [2.05, 4.69) is 16.5 Å². The predicted molar refractivity (Wildman–Crippen MR) is 57.6 cm³/mol. The summed E-state index contributed by atoms with van der Waals surface area (Å²) < 4.78 is 1.61. The molecule has 1 aromatic heterocycles. The third kappa shape index (κ3) is 1.97. The molecule has 74 valence electrons. The van der Waals surface area contributed by atoms with Crippen molar-refractivity contribution in [2.75, 3.05) is 5.32 Å². The highest BCUT2D eigenvalue weighted by molar-refractivity contribution is 5.61. The van der Waals surface area contributed by atoms with Gasteiger partial charge in [0.05, 0.1) is 0 Å². The molecule has 0 aliphatic heterocycles. The molecule has 15 heavy (non-hydrogen) atoms. The van der Waals surface area contributed by atoms with Crippen molar-refractivity contribution < 1.29 is 0 Å². The van der Waals surface area contributed by atoms with Crippen LogP contribution in [0.2, 0.25) is 0 Å². The maximum Gasteiger partial charge on any atom is 0.170 e. The summed E-state index contributed by atoms with van der Waals surface area (Å²) in [6, 6.07) is 11.7. The summed E-state index contributed by atoms with van der Waals surface area (Å²) in [5, 5.41) is 16.1. The molecule has 1 heterocycles. The predicted octanol–water partition coefficient (Wildman–Crippen LogP) is 2.04. The molecule has 0 atom stereocenters. The van der Waals surface area contributed by atoms with Gasteiger partial charge in [0, 0.05) is 18.9 Å². The van der Waals surface area contributed by atoms with Crippen molar-refractivity contribution in [1.82, 2.24) is 9.78 Å². The normalized spacial score (nSPS) is 9.60. The maximum absolute atomic E-state index is 8.87. The van der Waals surface area contributed by atoms with Crippen LogP contribution in [-0.4, -0.2) is 9.78 Å². The first-order valence-electron chi connectivity index (χ1n) is 4.55. The van der Waals surface area contributed by atoms with Gasteiger partial charge in [-0.3, -0.25) is 4.68 Å². The van der Waals surface area contributed by atoms with Gasteiger partial charge in [0.25, 0.3) is 0 Å². The SMILES string of the molecule is Cn1cc(C#N)c(Nc2ccccc2)n1. The van der Waals surface area contributed by atoms with Crippen molar-refractivity contribution in [3.63, 3.8) is 0 Å². The Balaban J connectivity index is 2.29. The molecule has 0 aliphatic rings. The van der Waals surface area contributed by atoms with Gasteiger partial charge in [-0.25, -0.2) is 0 Å². The third-order valence-corrected chi connectivity index (χ3v) is 1.99. The molecular weight excluding hydrogens is 188 g/mol. The Morgan fingerprint density at radius 2 is 2.07 bits per heavy atom. The fraction of sp³-hybridized carbons (Fsp3) is 0.0909. The number of nitriles is 1. The molecule has 0 saturated heterocycles. The van der Waals surface area contributed by atoms with Crippen LogP contribution in [0.3, 0.4) is 0 Å². The Kier molecular flexibility index (Phi) is 2.38. The largest absolute Gasteiger partial charge is 0.338 e. The van der Waals surface area contributed by atoms with Crippen molar-refractivity contribution in [3.05, 3.63) is 42.1 Å². The Labute approximate surface area is 87.8 Å². The summed E-state index contributed by atoms with van der Waals surface area (Å²) in [6.07, 6.45) is 1.69. The number of aromatic nitrogens is 2. The molecule has 0 aliphatic carbocycles. The number of nitrogens with zero attached hydrogens (tertiary/aromatic N) is 3. The number of nitrogens with one attached hydrogen (secondary N) is 1. The Morgan fingerprint density at radius 3 is 2.73 bits per heavy atom. The van der Waals surface area contributed by atoms with Crippen LogP contribution in [0.5, 0.6) is 0 Å². The van der Waals surface area contributed by atoms with Gasteiger partial charge in [0.2, 0.25) is 0 Å². The maximum atomic E-state index is 8.87. The molecule has 0 unspecified atom stereocenters. The fourth-order valence-electron chi connectivity index (χ4n) is 1.32. The molecule has 4 nitrogen and oxygen atoms in total. The zero-order valence-corrected chi connectivity index (χ0v) is 8.31. The van der Waals surface area contributed by atoms with Crippen LogP contribution in [0.1, 0.15) is 5.56 Å². The fourth-order valence-corrected chi connectivity index (χ4v) is 1.32. The molecule has 0 radical (unpaired) electrons. The Morgan fingerprint density at radius 1 is 1.33 bits per heavy atom. The van der Waals surface area contributed by atoms with E-state index in [0.29, 0.717) is 11.4 Å². The molecule has 4 heteroatoms. The van der Waals surface area contributed by atoms with E-state index >= 15 is 0 Å². The highest BCUT2D eigenvalue weighted by Crippen LogP contribution is 2.17. The Bertz CT molecular complexity index is 493.